The van der Waals surface area contributed by atoms with Gasteiger partial charge in [-0.3, -0.25) is 4.79 Å². The zero-order valence-corrected chi connectivity index (χ0v) is 13.5. The van der Waals surface area contributed by atoms with Crippen LogP contribution in [0.4, 0.5) is 0 Å². The Morgan fingerprint density at radius 3 is 2.38 bits per heavy atom. The van der Waals surface area contributed by atoms with Gasteiger partial charge in [-0.05, 0) is 49.4 Å². The predicted octanol–water partition coefficient (Wildman–Crippen LogP) is 3.53. The third-order valence-corrected chi connectivity index (χ3v) is 6.35. The zero-order valence-electron chi connectivity index (χ0n) is 13.5. The lowest BCUT2D eigenvalue weighted by molar-refractivity contribution is -0.123. The lowest BCUT2D eigenvalue weighted by Crippen LogP contribution is -2.40. The monoisotopic (exact) mass is 293 g/mol. The number of nitrogens with one attached hydrogen (secondary N) is 1. The highest BCUT2D eigenvalue weighted by molar-refractivity contribution is 5.82. The molecule has 0 aliphatic heterocycles. The number of ether oxygens (including phenoxy) is 1. The summed E-state index contributed by atoms with van der Waals surface area (Å²) in [5, 5.41) is 3.33. The molecule has 0 heterocycles. The van der Waals surface area contributed by atoms with Crippen molar-refractivity contribution in [3.05, 3.63) is 0 Å². The van der Waals surface area contributed by atoms with Gasteiger partial charge in [-0.1, -0.05) is 32.1 Å². The molecule has 3 rings (SSSR count). The highest BCUT2D eigenvalue weighted by Crippen LogP contribution is 2.55. The molecule has 3 aliphatic carbocycles. The molecular formula is C18H31NO2. The van der Waals surface area contributed by atoms with Crippen LogP contribution in [0.3, 0.4) is 0 Å². The second kappa shape index (κ2) is 6.68. The van der Waals surface area contributed by atoms with Crippen molar-refractivity contribution in [2.75, 3.05) is 20.3 Å². The van der Waals surface area contributed by atoms with Gasteiger partial charge in [0.05, 0.1) is 0 Å². The highest BCUT2D eigenvalue weighted by Gasteiger charge is 2.54. The van der Waals surface area contributed by atoms with Crippen LogP contribution in [0.25, 0.3) is 0 Å². The van der Waals surface area contributed by atoms with Gasteiger partial charge in [0.2, 0.25) is 5.91 Å². The summed E-state index contributed by atoms with van der Waals surface area (Å²) < 4.78 is 5.30. The fourth-order valence-corrected chi connectivity index (χ4v) is 4.91. The third kappa shape index (κ3) is 3.44. The van der Waals surface area contributed by atoms with E-state index in [-0.39, 0.29) is 0 Å². The van der Waals surface area contributed by atoms with Crippen LogP contribution in [0.2, 0.25) is 0 Å². The topological polar surface area (TPSA) is 38.3 Å². The van der Waals surface area contributed by atoms with Gasteiger partial charge < -0.3 is 10.1 Å². The molecule has 120 valence electrons. The quantitative estimate of drug-likeness (QED) is 0.813. The Hall–Kier alpha value is -0.570. The minimum Gasteiger partial charge on any atom is -0.385 e. The molecule has 0 aromatic rings. The van der Waals surface area contributed by atoms with Crippen LogP contribution in [0.5, 0.6) is 0 Å². The van der Waals surface area contributed by atoms with E-state index in [0.717, 1.165) is 31.4 Å². The lowest BCUT2D eigenvalue weighted by Gasteiger charge is -2.37. The van der Waals surface area contributed by atoms with Crippen LogP contribution in [-0.2, 0) is 9.53 Å². The van der Waals surface area contributed by atoms with E-state index in [0.29, 0.717) is 17.2 Å². The Morgan fingerprint density at radius 1 is 1.10 bits per heavy atom. The van der Waals surface area contributed by atoms with Crippen molar-refractivity contribution in [1.29, 1.82) is 0 Å². The van der Waals surface area contributed by atoms with Gasteiger partial charge in [0, 0.05) is 26.2 Å². The van der Waals surface area contributed by atoms with Crippen LogP contribution in [0, 0.1) is 23.2 Å². The number of hydrogen-bond donors (Lipinski definition) is 1. The van der Waals surface area contributed by atoms with Gasteiger partial charge in [0.1, 0.15) is 0 Å². The molecule has 0 unspecified atom stereocenters. The Morgan fingerprint density at radius 2 is 1.76 bits per heavy atom. The number of carbonyl (C=O) groups excluding carboxylic acids is 1. The van der Waals surface area contributed by atoms with E-state index in [2.05, 4.69) is 5.32 Å². The normalized spacial score (nSPS) is 34.0. The first-order valence-corrected chi connectivity index (χ1v) is 9.02. The number of methoxy groups -OCH3 is 1. The van der Waals surface area contributed by atoms with Crippen molar-refractivity contribution in [3.63, 3.8) is 0 Å². The number of amides is 1. The van der Waals surface area contributed by atoms with Crippen molar-refractivity contribution in [2.45, 2.75) is 64.2 Å². The van der Waals surface area contributed by atoms with Crippen molar-refractivity contribution >= 4 is 5.91 Å². The molecule has 3 aliphatic rings. The second-order valence-corrected chi connectivity index (χ2v) is 7.66. The first kappa shape index (κ1) is 15.3. The van der Waals surface area contributed by atoms with Crippen LogP contribution >= 0.6 is 0 Å². The average Bonchev–Trinajstić information content (AvgIpc) is 3.26. The van der Waals surface area contributed by atoms with Crippen LogP contribution in [0.15, 0.2) is 0 Å². The van der Waals surface area contributed by atoms with E-state index < -0.39 is 0 Å². The largest absolute Gasteiger partial charge is 0.385 e. The van der Waals surface area contributed by atoms with Gasteiger partial charge in [-0.2, -0.15) is 0 Å². The molecule has 2 atom stereocenters. The smallest absolute Gasteiger partial charge is 0.223 e. The molecule has 3 heteroatoms. The maximum Gasteiger partial charge on any atom is 0.223 e. The lowest BCUT2D eigenvalue weighted by atomic mass is 9.72. The minimum atomic E-state index is 0.310. The van der Waals surface area contributed by atoms with E-state index in [1.807, 2.05) is 0 Å². The number of fused-ring (bicyclic) bond motifs is 1. The van der Waals surface area contributed by atoms with Gasteiger partial charge >= 0.3 is 0 Å². The fourth-order valence-electron chi connectivity index (χ4n) is 4.91. The highest BCUT2D eigenvalue weighted by atomic mass is 16.5. The Kier molecular flexibility index (Phi) is 4.88. The summed E-state index contributed by atoms with van der Waals surface area (Å²) in [6.07, 6.45) is 12.8. The number of rotatable bonds is 6. The SMILES string of the molecule is COCCC1(CNC(=O)C2[C@@H]3CCCC[C@@H]23)CCCCC1. The first-order chi connectivity index (χ1) is 10.3. The molecule has 0 spiro atoms. The minimum absolute atomic E-state index is 0.310. The summed E-state index contributed by atoms with van der Waals surface area (Å²) in [6, 6.07) is 0. The molecule has 0 saturated heterocycles. The molecule has 0 aromatic carbocycles. The molecule has 3 saturated carbocycles. The third-order valence-electron chi connectivity index (χ3n) is 6.35. The molecule has 1 N–H and O–H groups in total. The molecular weight excluding hydrogens is 262 g/mol. The second-order valence-electron chi connectivity index (χ2n) is 7.66. The van der Waals surface area contributed by atoms with Gasteiger partial charge in [-0.15, -0.1) is 0 Å². The number of carbonyl (C=O) groups is 1. The summed E-state index contributed by atoms with van der Waals surface area (Å²) in [5.41, 5.74) is 0.310. The summed E-state index contributed by atoms with van der Waals surface area (Å²) >= 11 is 0. The summed E-state index contributed by atoms with van der Waals surface area (Å²) in [4.78, 5) is 12.5. The fraction of sp³-hybridized carbons (Fsp3) is 0.944. The standard InChI is InChI=1S/C18H31NO2/c1-21-12-11-18(9-5-2-6-10-18)13-19-17(20)16-14-7-3-4-8-15(14)16/h14-16H,2-13H2,1H3,(H,19,20)/t14-,15-/m1/s1. The molecule has 3 fully saturated rings. The van der Waals surface area contributed by atoms with Gasteiger partial charge in [0.15, 0.2) is 0 Å². The van der Waals surface area contributed by atoms with E-state index >= 15 is 0 Å². The summed E-state index contributed by atoms with van der Waals surface area (Å²) in [6.45, 7) is 1.70. The van der Waals surface area contributed by atoms with E-state index in [1.165, 1.54) is 57.8 Å². The van der Waals surface area contributed by atoms with Crippen molar-refractivity contribution in [2.24, 2.45) is 23.2 Å². The molecule has 0 radical (unpaired) electrons. The van der Waals surface area contributed by atoms with Crippen LogP contribution in [-0.4, -0.2) is 26.2 Å². The molecule has 0 aromatic heterocycles. The molecule has 0 bridgehead atoms. The average molecular weight is 293 g/mol. The Bertz CT molecular complexity index is 350. The summed E-state index contributed by atoms with van der Waals surface area (Å²) in [5.74, 6) is 2.16. The van der Waals surface area contributed by atoms with E-state index in [9.17, 15) is 4.79 Å². The maximum absolute atomic E-state index is 12.5. The molecule has 21 heavy (non-hydrogen) atoms. The Labute approximate surface area is 129 Å². The van der Waals surface area contributed by atoms with E-state index in [4.69, 9.17) is 4.74 Å². The van der Waals surface area contributed by atoms with E-state index in [1.54, 1.807) is 7.11 Å². The van der Waals surface area contributed by atoms with Crippen molar-refractivity contribution in [3.8, 4) is 0 Å². The van der Waals surface area contributed by atoms with Crippen molar-refractivity contribution in [1.82, 2.24) is 5.32 Å². The predicted molar refractivity (Wildman–Crippen MR) is 84.0 cm³/mol. The van der Waals surface area contributed by atoms with Crippen LogP contribution in [0.1, 0.15) is 64.2 Å². The Balaban J connectivity index is 1.50. The number of hydrogen-bond acceptors (Lipinski definition) is 2. The van der Waals surface area contributed by atoms with Gasteiger partial charge in [-0.25, -0.2) is 0 Å². The maximum atomic E-state index is 12.5. The zero-order chi connectivity index (χ0) is 14.7. The van der Waals surface area contributed by atoms with Gasteiger partial charge in [0.25, 0.3) is 0 Å². The van der Waals surface area contributed by atoms with Crippen molar-refractivity contribution < 1.29 is 9.53 Å². The summed E-state index contributed by atoms with van der Waals surface area (Å²) in [7, 11) is 1.78. The van der Waals surface area contributed by atoms with Crippen LogP contribution < -0.4 is 5.32 Å². The first-order valence-electron chi connectivity index (χ1n) is 9.02. The molecule has 1 amide bonds. The molecule has 3 nitrogen and oxygen atoms in total.